The van der Waals surface area contributed by atoms with Gasteiger partial charge in [-0.05, 0) is 31.0 Å². The molecule has 23 heavy (non-hydrogen) atoms. The van der Waals surface area contributed by atoms with E-state index in [9.17, 15) is 22.8 Å². The van der Waals surface area contributed by atoms with Crippen molar-refractivity contribution in [3.05, 3.63) is 35.4 Å². The van der Waals surface area contributed by atoms with Gasteiger partial charge >= 0.3 is 6.18 Å². The van der Waals surface area contributed by atoms with Crippen LogP contribution in [0.4, 0.5) is 13.2 Å². The summed E-state index contributed by atoms with van der Waals surface area (Å²) in [6, 6.07) is 5.39. The fourth-order valence-electron chi connectivity index (χ4n) is 2.88. The fourth-order valence-corrected chi connectivity index (χ4v) is 2.88. The molecule has 7 heteroatoms. The summed E-state index contributed by atoms with van der Waals surface area (Å²) in [7, 11) is 1.45. The Bertz CT molecular complexity index is 581. The van der Waals surface area contributed by atoms with E-state index in [1.165, 1.54) is 31.3 Å². The van der Waals surface area contributed by atoms with Crippen LogP contribution in [-0.4, -0.2) is 42.5 Å². The topological polar surface area (TPSA) is 49.4 Å². The van der Waals surface area contributed by atoms with E-state index in [1.807, 2.05) is 0 Å². The van der Waals surface area contributed by atoms with Gasteiger partial charge in [0.1, 0.15) is 6.54 Å². The van der Waals surface area contributed by atoms with Crippen molar-refractivity contribution >= 4 is 11.8 Å². The van der Waals surface area contributed by atoms with E-state index in [-0.39, 0.29) is 17.0 Å². The van der Waals surface area contributed by atoms with Crippen molar-refractivity contribution in [1.82, 2.24) is 10.2 Å². The lowest BCUT2D eigenvalue weighted by Crippen LogP contribution is -2.44. The van der Waals surface area contributed by atoms with E-state index < -0.39 is 24.7 Å². The van der Waals surface area contributed by atoms with Crippen molar-refractivity contribution in [2.75, 3.05) is 13.6 Å². The number of hydrogen-bond donors (Lipinski definition) is 1. The second kappa shape index (κ2) is 7.02. The molecule has 0 spiro atoms. The molecule has 1 aromatic rings. The number of carbonyl (C=O) groups is 2. The first-order valence-electron chi connectivity index (χ1n) is 7.51. The second-order valence-electron chi connectivity index (χ2n) is 5.65. The number of benzene rings is 1. The summed E-state index contributed by atoms with van der Waals surface area (Å²) in [5.41, 5.74) is 0.346. The van der Waals surface area contributed by atoms with E-state index in [4.69, 9.17) is 0 Å². The van der Waals surface area contributed by atoms with E-state index in [0.29, 0.717) is 12.8 Å². The van der Waals surface area contributed by atoms with Gasteiger partial charge in [0.05, 0.1) is 0 Å². The van der Waals surface area contributed by atoms with Crippen molar-refractivity contribution in [1.29, 1.82) is 0 Å². The minimum absolute atomic E-state index is 0.0993. The van der Waals surface area contributed by atoms with Gasteiger partial charge in [-0.2, -0.15) is 13.2 Å². The van der Waals surface area contributed by atoms with Gasteiger partial charge in [0, 0.05) is 24.2 Å². The van der Waals surface area contributed by atoms with Crippen molar-refractivity contribution < 1.29 is 22.8 Å². The van der Waals surface area contributed by atoms with Crippen LogP contribution in [0, 0.1) is 0 Å². The van der Waals surface area contributed by atoms with Crippen LogP contribution in [0.2, 0.25) is 0 Å². The zero-order chi connectivity index (χ0) is 17.0. The highest BCUT2D eigenvalue weighted by Gasteiger charge is 2.37. The molecule has 1 aliphatic rings. The average molecular weight is 328 g/mol. The first kappa shape index (κ1) is 17.3. The predicted octanol–water partition coefficient (Wildman–Crippen LogP) is 2.99. The monoisotopic (exact) mass is 328 g/mol. The van der Waals surface area contributed by atoms with Crippen molar-refractivity contribution in [3.8, 4) is 0 Å². The number of carbonyl (C=O) groups excluding carboxylic acids is 2. The normalized spacial score (nSPS) is 15.5. The highest BCUT2D eigenvalue weighted by atomic mass is 19.4. The Balaban J connectivity index is 2.27. The highest BCUT2D eigenvalue weighted by Crippen LogP contribution is 2.28. The van der Waals surface area contributed by atoms with Gasteiger partial charge in [-0.1, -0.05) is 18.9 Å². The molecule has 0 aromatic heterocycles. The Morgan fingerprint density at radius 2 is 1.83 bits per heavy atom. The lowest BCUT2D eigenvalue weighted by atomic mass is 10.1. The second-order valence-corrected chi connectivity index (χ2v) is 5.65. The summed E-state index contributed by atoms with van der Waals surface area (Å²) >= 11 is 0. The van der Waals surface area contributed by atoms with E-state index >= 15 is 0 Å². The smallest absolute Gasteiger partial charge is 0.355 e. The molecular weight excluding hydrogens is 309 g/mol. The molecule has 4 nitrogen and oxygen atoms in total. The number of nitrogens with zero attached hydrogens (tertiary/aromatic N) is 1. The number of nitrogens with one attached hydrogen (secondary N) is 1. The Morgan fingerprint density at radius 1 is 1.22 bits per heavy atom. The van der Waals surface area contributed by atoms with E-state index in [2.05, 4.69) is 5.32 Å². The molecule has 1 saturated carbocycles. The van der Waals surface area contributed by atoms with Crippen LogP contribution in [-0.2, 0) is 0 Å². The van der Waals surface area contributed by atoms with Gasteiger partial charge in [-0.15, -0.1) is 0 Å². The minimum atomic E-state index is -4.45. The zero-order valence-electron chi connectivity index (χ0n) is 12.8. The molecule has 1 aromatic carbocycles. The molecule has 0 unspecified atom stereocenters. The molecule has 1 N–H and O–H groups in total. The van der Waals surface area contributed by atoms with Crippen molar-refractivity contribution in [2.45, 2.75) is 37.9 Å². The lowest BCUT2D eigenvalue weighted by Gasteiger charge is -2.30. The number of halogens is 3. The minimum Gasteiger partial charge on any atom is -0.355 e. The van der Waals surface area contributed by atoms with Gasteiger partial charge in [0.15, 0.2) is 0 Å². The molecule has 0 heterocycles. The molecule has 0 saturated heterocycles. The third-order valence-corrected chi connectivity index (χ3v) is 3.97. The molecule has 1 aliphatic carbocycles. The maximum atomic E-state index is 12.8. The summed E-state index contributed by atoms with van der Waals surface area (Å²) in [6.45, 7) is -1.26. The standard InChI is InChI=1S/C16H19F3N2O2/c1-20-14(22)11-5-4-6-12(9-11)15(23)21(10-16(17,18)19)13-7-2-3-8-13/h4-6,9,13H,2-3,7-8,10H2,1H3,(H,20,22). The largest absolute Gasteiger partial charge is 0.406 e. The highest BCUT2D eigenvalue weighted by molar-refractivity contribution is 5.99. The van der Waals surface area contributed by atoms with Crippen LogP contribution in [0.15, 0.2) is 24.3 Å². The van der Waals surface area contributed by atoms with Crippen LogP contribution in [0.3, 0.4) is 0 Å². The maximum absolute atomic E-state index is 12.8. The Morgan fingerprint density at radius 3 is 2.39 bits per heavy atom. The Labute approximate surface area is 132 Å². The number of hydrogen-bond acceptors (Lipinski definition) is 2. The third kappa shape index (κ3) is 4.46. The first-order chi connectivity index (χ1) is 10.8. The predicted molar refractivity (Wildman–Crippen MR) is 79.2 cm³/mol. The van der Waals surface area contributed by atoms with Gasteiger partial charge in [-0.3, -0.25) is 9.59 Å². The van der Waals surface area contributed by atoms with Crippen LogP contribution < -0.4 is 5.32 Å². The lowest BCUT2D eigenvalue weighted by molar-refractivity contribution is -0.144. The van der Waals surface area contributed by atoms with Crippen LogP contribution in [0.1, 0.15) is 46.4 Å². The Kier molecular flexibility index (Phi) is 5.28. The molecule has 0 aliphatic heterocycles. The maximum Gasteiger partial charge on any atom is 0.406 e. The summed E-state index contributed by atoms with van der Waals surface area (Å²) < 4.78 is 38.5. The average Bonchev–Trinajstić information content (AvgIpc) is 3.04. The molecule has 0 atom stereocenters. The molecule has 0 bridgehead atoms. The van der Waals surface area contributed by atoms with Crippen LogP contribution in [0.5, 0.6) is 0 Å². The van der Waals surface area contributed by atoms with Crippen molar-refractivity contribution in [2.24, 2.45) is 0 Å². The SMILES string of the molecule is CNC(=O)c1cccc(C(=O)N(CC(F)(F)F)C2CCCC2)c1. The number of alkyl halides is 3. The molecule has 126 valence electrons. The summed E-state index contributed by atoms with van der Waals surface area (Å²) in [5.74, 6) is -1.07. The first-order valence-corrected chi connectivity index (χ1v) is 7.51. The molecule has 2 rings (SSSR count). The fraction of sp³-hybridized carbons (Fsp3) is 0.500. The number of amides is 2. The van der Waals surface area contributed by atoms with Crippen LogP contribution >= 0.6 is 0 Å². The number of rotatable bonds is 4. The summed E-state index contributed by atoms with van der Waals surface area (Å²) in [5, 5.41) is 2.43. The molecule has 2 amide bonds. The molecule has 1 fully saturated rings. The quantitative estimate of drug-likeness (QED) is 0.924. The van der Waals surface area contributed by atoms with E-state index in [1.54, 1.807) is 0 Å². The van der Waals surface area contributed by atoms with Crippen molar-refractivity contribution in [3.63, 3.8) is 0 Å². The summed E-state index contributed by atoms with van der Waals surface area (Å²) in [6.07, 6.45) is -1.64. The third-order valence-electron chi connectivity index (χ3n) is 3.97. The molecular formula is C16H19F3N2O2. The van der Waals surface area contributed by atoms with Gasteiger partial charge in [-0.25, -0.2) is 0 Å². The Hall–Kier alpha value is -2.05. The molecule has 0 radical (unpaired) electrons. The zero-order valence-corrected chi connectivity index (χ0v) is 12.8. The van der Waals surface area contributed by atoms with Gasteiger partial charge in [0.25, 0.3) is 11.8 Å². The summed E-state index contributed by atoms with van der Waals surface area (Å²) in [4.78, 5) is 25.1. The van der Waals surface area contributed by atoms with Crippen LogP contribution in [0.25, 0.3) is 0 Å². The van der Waals surface area contributed by atoms with Gasteiger partial charge in [0.2, 0.25) is 0 Å². The van der Waals surface area contributed by atoms with Gasteiger partial charge < -0.3 is 10.2 Å². The van der Waals surface area contributed by atoms with E-state index in [0.717, 1.165) is 17.7 Å².